The monoisotopic (exact) mass is 435 g/mol. The Balaban J connectivity index is 2.74. The Morgan fingerprint density at radius 3 is 2.47 bits per heavy atom. The van der Waals surface area contributed by atoms with Crippen LogP contribution in [0.15, 0.2) is 58.7 Å². The fourth-order valence-electron chi connectivity index (χ4n) is 3.42. The van der Waals surface area contributed by atoms with Crippen molar-refractivity contribution in [3.05, 3.63) is 58.7 Å². The van der Waals surface area contributed by atoms with E-state index >= 15 is 0 Å². The summed E-state index contributed by atoms with van der Waals surface area (Å²) in [5, 5.41) is 11.2. The second-order valence-electron chi connectivity index (χ2n) is 8.31. The van der Waals surface area contributed by atoms with E-state index in [0.29, 0.717) is 5.57 Å². The third-order valence-corrected chi connectivity index (χ3v) is 5.67. The van der Waals surface area contributed by atoms with Crippen LogP contribution < -0.4 is 5.32 Å². The number of aliphatic carboxylic acids is 1. The van der Waals surface area contributed by atoms with Gasteiger partial charge in [-0.3, -0.25) is 4.79 Å². The summed E-state index contributed by atoms with van der Waals surface area (Å²) >= 11 is -2.31. The second-order valence-corrected chi connectivity index (χ2v) is 9.29. The average molecular weight is 436 g/mol. The summed E-state index contributed by atoms with van der Waals surface area (Å²) in [7, 11) is 0. The van der Waals surface area contributed by atoms with Gasteiger partial charge < -0.3 is 15.0 Å². The molecule has 1 unspecified atom stereocenters. The summed E-state index contributed by atoms with van der Waals surface area (Å²) in [5.41, 5.74) is 4.73. The summed E-state index contributed by atoms with van der Waals surface area (Å²) in [4.78, 5) is 22.9. The molecule has 2 atom stereocenters. The number of carbonyl (C=O) groups excluding carboxylic acids is 1. The zero-order valence-corrected chi connectivity index (χ0v) is 19.2. The highest BCUT2D eigenvalue weighted by Gasteiger charge is 2.26. The molecular weight excluding hydrogens is 402 g/mol. The van der Waals surface area contributed by atoms with E-state index in [1.807, 2.05) is 19.1 Å². The van der Waals surface area contributed by atoms with Crippen molar-refractivity contribution >= 4 is 23.0 Å². The maximum absolute atomic E-state index is 11.9. The zero-order valence-electron chi connectivity index (χ0n) is 18.4. The fourth-order valence-corrected chi connectivity index (χ4v) is 3.93. The smallest absolute Gasteiger partial charge is 0.327 e. The highest BCUT2D eigenvalue weighted by molar-refractivity contribution is 7.79. The van der Waals surface area contributed by atoms with Crippen molar-refractivity contribution in [3.8, 4) is 0 Å². The zero-order chi connectivity index (χ0) is 22.9. The Morgan fingerprint density at radius 2 is 1.90 bits per heavy atom. The van der Waals surface area contributed by atoms with Gasteiger partial charge in [0.1, 0.15) is 6.04 Å². The Labute approximate surface area is 181 Å². The quantitative estimate of drug-likeness (QED) is 0.284. The summed E-state index contributed by atoms with van der Waals surface area (Å²) in [6.45, 7) is 10.5. The van der Waals surface area contributed by atoms with Crippen LogP contribution in [0.2, 0.25) is 0 Å². The highest BCUT2D eigenvalue weighted by Crippen LogP contribution is 2.40. The first-order valence-corrected chi connectivity index (χ1v) is 11.2. The standard InChI is InChI=1S/C23H33NO5S/c1-16(11-12-19-18(3)10-7-13-23(19,4)5)8-6-9-17(2)14-21(25)24-20(22(26)27)15-30(28)29/h6,8-9,11-12,14,20H,7,10,13,15H2,1-5H3,(H,24,25)(H,26,27)(H,28,29)/b9-6+,12-11+,16-8+,17-14-/t20-/m0/s1. The van der Waals surface area contributed by atoms with E-state index in [1.54, 1.807) is 13.0 Å². The van der Waals surface area contributed by atoms with Crippen LogP contribution in [-0.4, -0.2) is 37.5 Å². The van der Waals surface area contributed by atoms with Gasteiger partial charge in [0.15, 0.2) is 11.1 Å². The first kappa shape index (κ1) is 25.8. The number of carboxylic acid groups (broad SMARTS) is 1. The summed E-state index contributed by atoms with van der Waals surface area (Å²) < 4.78 is 19.6. The van der Waals surface area contributed by atoms with Gasteiger partial charge in [0, 0.05) is 6.08 Å². The van der Waals surface area contributed by atoms with Crippen molar-refractivity contribution in [2.24, 2.45) is 5.41 Å². The molecule has 0 saturated heterocycles. The third-order valence-electron chi connectivity index (χ3n) is 5.06. The number of allylic oxidation sites excluding steroid dienone is 9. The number of carboxylic acids is 1. The Kier molecular flexibility index (Phi) is 10.2. The van der Waals surface area contributed by atoms with Crippen LogP contribution in [0, 0.1) is 5.41 Å². The van der Waals surface area contributed by atoms with Gasteiger partial charge in [0.2, 0.25) is 5.91 Å². The molecule has 0 radical (unpaired) electrons. The van der Waals surface area contributed by atoms with E-state index in [-0.39, 0.29) is 5.41 Å². The lowest BCUT2D eigenvalue weighted by atomic mass is 9.72. The lowest BCUT2D eigenvalue weighted by Gasteiger charge is -2.32. The number of rotatable bonds is 9. The molecule has 3 N–H and O–H groups in total. The minimum Gasteiger partial charge on any atom is -0.480 e. The topological polar surface area (TPSA) is 104 Å². The molecule has 0 aromatic carbocycles. The molecule has 6 nitrogen and oxygen atoms in total. The van der Waals surface area contributed by atoms with Crippen LogP contribution in [0.1, 0.15) is 53.9 Å². The summed E-state index contributed by atoms with van der Waals surface area (Å²) in [6, 6.07) is -1.41. The molecule has 0 aromatic rings. The molecule has 0 fully saturated rings. The van der Waals surface area contributed by atoms with Gasteiger partial charge in [-0.25, -0.2) is 9.00 Å². The normalized spacial score (nSPS) is 19.9. The van der Waals surface area contributed by atoms with Crippen molar-refractivity contribution in [3.63, 3.8) is 0 Å². The molecule has 7 heteroatoms. The molecule has 1 amide bonds. The van der Waals surface area contributed by atoms with Gasteiger partial charge in [-0.15, -0.1) is 0 Å². The van der Waals surface area contributed by atoms with Crippen molar-refractivity contribution in [2.45, 2.75) is 59.9 Å². The fraction of sp³-hybridized carbons (Fsp3) is 0.478. The number of carbonyl (C=O) groups is 2. The molecule has 1 rings (SSSR count). The van der Waals surface area contributed by atoms with E-state index in [9.17, 15) is 13.8 Å². The number of hydrogen-bond donors (Lipinski definition) is 3. The van der Waals surface area contributed by atoms with E-state index < -0.39 is 34.8 Å². The Hall–Kier alpha value is -2.25. The van der Waals surface area contributed by atoms with Gasteiger partial charge in [-0.2, -0.15) is 0 Å². The van der Waals surface area contributed by atoms with Gasteiger partial charge in [-0.05, 0) is 56.6 Å². The van der Waals surface area contributed by atoms with Crippen molar-refractivity contribution in [1.82, 2.24) is 5.32 Å². The lowest BCUT2D eigenvalue weighted by Crippen LogP contribution is -2.43. The van der Waals surface area contributed by atoms with Crippen molar-refractivity contribution in [2.75, 3.05) is 5.75 Å². The minimum absolute atomic E-state index is 0.193. The molecule has 0 aromatic heterocycles. The van der Waals surface area contributed by atoms with Crippen LogP contribution in [0.5, 0.6) is 0 Å². The van der Waals surface area contributed by atoms with E-state index in [4.69, 9.17) is 9.66 Å². The summed E-state index contributed by atoms with van der Waals surface area (Å²) in [6.07, 6.45) is 14.6. The molecule has 0 heterocycles. The van der Waals surface area contributed by atoms with Crippen LogP contribution in [0.25, 0.3) is 0 Å². The van der Waals surface area contributed by atoms with Crippen LogP contribution in [0.4, 0.5) is 0 Å². The van der Waals surface area contributed by atoms with Crippen LogP contribution in [0.3, 0.4) is 0 Å². The second kappa shape index (κ2) is 11.8. The molecular formula is C23H33NO5S. The van der Waals surface area contributed by atoms with E-state index in [2.05, 4.69) is 38.2 Å². The van der Waals surface area contributed by atoms with E-state index in [1.165, 1.54) is 30.1 Å². The largest absolute Gasteiger partial charge is 0.480 e. The SMILES string of the molecule is CC1=C(/C=C/C(C)=C/C=C/C(C)=C\C(=O)N[C@@H](CS(=O)O)C(=O)O)C(C)(C)CCC1. The first-order chi connectivity index (χ1) is 13.9. The van der Waals surface area contributed by atoms with E-state index in [0.717, 1.165) is 12.0 Å². The first-order valence-electron chi connectivity index (χ1n) is 9.94. The maximum Gasteiger partial charge on any atom is 0.327 e. The highest BCUT2D eigenvalue weighted by atomic mass is 32.2. The Morgan fingerprint density at radius 1 is 1.23 bits per heavy atom. The Bertz CT molecular complexity index is 831. The molecule has 0 spiro atoms. The molecule has 0 bridgehead atoms. The number of hydrogen-bond acceptors (Lipinski definition) is 3. The van der Waals surface area contributed by atoms with Gasteiger partial charge in [0.05, 0.1) is 5.75 Å². The van der Waals surface area contributed by atoms with Crippen molar-refractivity contribution in [1.29, 1.82) is 0 Å². The predicted molar refractivity (Wildman–Crippen MR) is 121 cm³/mol. The van der Waals surface area contributed by atoms with Gasteiger partial charge in [-0.1, -0.05) is 55.4 Å². The average Bonchev–Trinajstić information content (AvgIpc) is 2.59. The third kappa shape index (κ3) is 9.05. The maximum atomic E-state index is 11.9. The molecule has 1 aliphatic rings. The minimum atomic E-state index is -2.31. The number of amides is 1. The molecule has 0 saturated carbocycles. The van der Waals surface area contributed by atoms with Crippen LogP contribution in [-0.2, 0) is 20.7 Å². The summed E-state index contributed by atoms with van der Waals surface area (Å²) in [5.74, 6) is -2.55. The van der Waals surface area contributed by atoms with Crippen molar-refractivity contribution < 1.29 is 23.5 Å². The molecule has 166 valence electrons. The molecule has 30 heavy (non-hydrogen) atoms. The van der Waals surface area contributed by atoms with Crippen LogP contribution >= 0.6 is 0 Å². The molecule has 1 aliphatic carbocycles. The lowest BCUT2D eigenvalue weighted by molar-refractivity contribution is -0.140. The van der Waals surface area contributed by atoms with Gasteiger partial charge in [0.25, 0.3) is 0 Å². The van der Waals surface area contributed by atoms with Gasteiger partial charge >= 0.3 is 5.97 Å². The number of nitrogens with one attached hydrogen (secondary N) is 1. The predicted octanol–water partition coefficient (Wildman–Crippen LogP) is 4.31. The molecule has 0 aliphatic heterocycles.